The molecule has 1 atom stereocenters. The van der Waals surface area contributed by atoms with Gasteiger partial charge in [0.25, 0.3) is 0 Å². The smallest absolute Gasteiger partial charge is 0.222 e. The highest BCUT2D eigenvalue weighted by molar-refractivity contribution is 5.24. The van der Waals surface area contributed by atoms with Crippen LogP contribution in [0.2, 0.25) is 0 Å². The van der Waals surface area contributed by atoms with E-state index in [-0.39, 0.29) is 5.60 Å². The lowest BCUT2D eigenvalue weighted by molar-refractivity contribution is -0.136. The summed E-state index contributed by atoms with van der Waals surface area (Å²) in [6, 6.07) is 2.03. The van der Waals surface area contributed by atoms with Crippen LogP contribution < -0.4 is 5.32 Å². The van der Waals surface area contributed by atoms with E-state index < -0.39 is 0 Å². The van der Waals surface area contributed by atoms with Gasteiger partial charge in [0.15, 0.2) is 0 Å². The van der Waals surface area contributed by atoms with Crippen molar-refractivity contribution in [2.75, 3.05) is 31.6 Å². The summed E-state index contributed by atoms with van der Waals surface area (Å²) in [6.07, 6.45) is 9.49. The lowest BCUT2D eigenvalue weighted by Crippen LogP contribution is -2.64. The first-order valence-electron chi connectivity index (χ1n) is 8.63. The van der Waals surface area contributed by atoms with Crippen LogP contribution in [0.5, 0.6) is 0 Å². The Bertz CT molecular complexity index is 650. The predicted molar refractivity (Wildman–Crippen MR) is 90.7 cm³/mol. The highest BCUT2D eigenvalue weighted by atomic mass is 16.5. The Morgan fingerprint density at radius 1 is 1.33 bits per heavy atom. The van der Waals surface area contributed by atoms with Crippen LogP contribution >= 0.6 is 0 Å². The molecule has 2 aromatic heterocycles. The molecule has 0 aromatic carbocycles. The van der Waals surface area contributed by atoms with E-state index in [0.29, 0.717) is 11.9 Å². The van der Waals surface area contributed by atoms with Crippen molar-refractivity contribution in [3.05, 3.63) is 42.1 Å². The SMILES string of the molecule is Cc1cnc(NCCC2CCOC23CN(Cc2ccoc2)C3)nc1. The van der Waals surface area contributed by atoms with Gasteiger partial charge in [0, 0.05) is 50.7 Å². The zero-order valence-corrected chi connectivity index (χ0v) is 14.1. The molecule has 2 saturated heterocycles. The van der Waals surface area contributed by atoms with Gasteiger partial charge in [-0.15, -0.1) is 0 Å². The largest absolute Gasteiger partial charge is 0.472 e. The van der Waals surface area contributed by atoms with E-state index >= 15 is 0 Å². The van der Waals surface area contributed by atoms with Gasteiger partial charge in [-0.2, -0.15) is 0 Å². The topological polar surface area (TPSA) is 63.4 Å². The molecule has 2 aromatic rings. The fourth-order valence-electron chi connectivity index (χ4n) is 3.85. The van der Waals surface area contributed by atoms with Gasteiger partial charge in [-0.1, -0.05) is 0 Å². The summed E-state index contributed by atoms with van der Waals surface area (Å²) >= 11 is 0. The Morgan fingerprint density at radius 2 is 2.17 bits per heavy atom. The van der Waals surface area contributed by atoms with Gasteiger partial charge in [0.2, 0.25) is 5.95 Å². The Balaban J connectivity index is 1.26. The first-order chi connectivity index (χ1) is 11.7. The highest BCUT2D eigenvalue weighted by Crippen LogP contribution is 2.42. The van der Waals surface area contributed by atoms with Crippen LogP contribution in [0.15, 0.2) is 35.4 Å². The first kappa shape index (κ1) is 15.6. The van der Waals surface area contributed by atoms with Crippen molar-refractivity contribution >= 4 is 5.95 Å². The zero-order valence-electron chi connectivity index (χ0n) is 14.1. The molecule has 0 amide bonds. The lowest BCUT2D eigenvalue weighted by atomic mass is 9.79. The molecule has 2 aliphatic rings. The first-order valence-corrected chi connectivity index (χ1v) is 8.63. The summed E-state index contributed by atoms with van der Waals surface area (Å²) < 4.78 is 11.3. The van der Waals surface area contributed by atoms with E-state index in [1.54, 1.807) is 6.26 Å². The van der Waals surface area contributed by atoms with Crippen LogP contribution in [0.25, 0.3) is 0 Å². The molecule has 2 aliphatic heterocycles. The maximum absolute atomic E-state index is 6.13. The maximum Gasteiger partial charge on any atom is 0.222 e. The van der Waals surface area contributed by atoms with E-state index in [2.05, 4.69) is 20.2 Å². The van der Waals surface area contributed by atoms with E-state index in [9.17, 15) is 0 Å². The number of hydrogen-bond acceptors (Lipinski definition) is 6. The molecule has 1 unspecified atom stereocenters. The number of furan rings is 1. The van der Waals surface area contributed by atoms with Crippen molar-refractivity contribution < 1.29 is 9.15 Å². The molecule has 6 nitrogen and oxygen atoms in total. The Hall–Kier alpha value is -1.92. The number of aryl methyl sites for hydroxylation is 1. The fourth-order valence-corrected chi connectivity index (χ4v) is 3.85. The summed E-state index contributed by atoms with van der Waals surface area (Å²) in [5.41, 5.74) is 2.37. The van der Waals surface area contributed by atoms with Crippen molar-refractivity contribution in [3.63, 3.8) is 0 Å². The Labute approximate surface area is 142 Å². The molecule has 1 N–H and O–H groups in total. The number of aromatic nitrogens is 2. The van der Waals surface area contributed by atoms with Crippen molar-refractivity contribution in [2.24, 2.45) is 5.92 Å². The van der Waals surface area contributed by atoms with Gasteiger partial charge in [0.1, 0.15) is 0 Å². The quantitative estimate of drug-likeness (QED) is 0.879. The molecule has 1 spiro atoms. The molecule has 24 heavy (non-hydrogen) atoms. The minimum absolute atomic E-state index is 0.0551. The number of hydrogen-bond donors (Lipinski definition) is 1. The normalized spacial score (nSPS) is 22.6. The summed E-state index contributed by atoms with van der Waals surface area (Å²) in [5, 5.41) is 3.33. The maximum atomic E-state index is 6.13. The number of nitrogens with one attached hydrogen (secondary N) is 1. The van der Waals surface area contributed by atoms with Crippen LogP contribution in [0.1, 0.15) is 24.0 Å². The van der Waals surface area contributed by atoms with Gasteiger partial charge >= 0.3 is 0 Å². The molecular formula is C18H24N4O2. The average Bonchev–Trinajstić information content (AvgIpc) is 3.19. The molecule has 4 rings (SSSR count). The third-order valence-electron chi connectivity index (χ3n) is 5.13. The summed E-state index contributed by atoms with van der Waals surface area (Å²) in [5.74, 6) is 1.32. The van der Waals surface area contributed by atoms with Crippen LogP contribution in [-0.2, 0) is 11.3 Å². The van der Waals surface area contributed by atoms with Crippen molar-refractivity contribution in [3.8, 4) is 0 Å². The molecule has 0 bridgehead atoms. The Kier molecular flexibility index (Phi) is 4.24. The van der Waals surface area contributed by atoms with Gasteiger partial charge in [-0.25, -0.2) is 9.97 Å². The lowest BCUT2D eigenvalue weighted by Gasteiger charge is -2.50. The molecule has 6 heteroatoms. The van der Waals surface area contributed by atoms with E-state index in [1.165, 1.54) is 5.56 Å². The predicted octanol–water partition coefficient (Wildman–Crippen LogP) is 2.47. The molecule has 0 saturated carbocycles. The second kappa shape index (κ2) is 6.53. The third kappa shape index (κ3) is 3.16. The highest BCUT2D eigenvalue weighted by Gasteiger charge is 2.52. The second-order valence-electron chi connectivity index (χ2n) is 6.98. The number of nitrogens with zero attached hydrogens (tertiary/aromatic N) is 3. The summed E-state index contributed by atoms with van der Waals surface area (Å²) in [7, 11) is 0. The molecule has 0 aliphatic carbocycles. The van der Waals surface area contributed by atoms with Crippen LogP contribution in [0.4, 0.5) is 5.95 Å². The minimum Gasteiger partial charge on any atom is -0.472 e. The standard InChI is InChI=1S/C18H24N4O2/c1-14-8-20-17(21-9-14)19-5-2-16-4-7-24-18(16)12-22(13-18)10-15-3-6-23-11-15/h3,6,8-9,11,16H,2,4-5,7,10,12-13H2,1H3,(H,19,20,21). The number of likely N-dealkylation sites (tertiary alicyclic amines) is 1. The van der Waals surface area contributed by atoms with Gasteiger partial charge in [-0.05, 0) is 37.3 Å². The van der Waals surface area contributed by atoms with Gasteiger partial charge < -0.3 is 14.5 Å². The zero-order chi connectivity index (χ0) is 16.4. The number of rotatable bonds is 6. The third-order valence-corrected chi connectivity index (χ3v) is 5.13. The number of ether oxygens (including phenoxy) is 1. The van der Waals surface area contributed by atoms with E-state index in [1.807, 2.05) is 31.6 Å². The monoisotopic (exact) mass is 328 g/mol. The minimum atomic E-state index is 0.0551. The molecule has 2 fully saturated rings. The van der Waals surface area contributed by atoms with E-state index in [0.717, 1.165) is 51.2 Å². The van der Waals surface area contributed by atoms with Crippen molar-refractivity contribution in [2.45, 2.75) is 31.9 Å². The second-order valence-corrected chi connectivity index (χ2v) is 6.98. The van der Waals surface area contributed by atoms with Crippen LogP contribution in [0.3, 0.4) is 0 Å². The fraction of sp³-hybridized carbons (Fsp3) is 0.556. The molecular weight excluding hydrogens is 304 g/mol. The summed E-state index contributed by atoms with van der Waals surface area (Å²) in [6.45, 7) is 6.75. The van der Waals surface area contributed by atoms with Crippen molar-refractivity contribution in [1.29, 1.82) is 0 Å². The molecule has 128 valence electrons. The van der Waals surface area contributed by atoms with Crippen LogP contribution in [0, 0.1) is 12.8 Å². The number of anilines is 1. The van der Waals surface area contributed by atoms with E-state index in [4.69, 9.17) is 9.15 Å². The van der Waals surface area contributed by atoms with Gasteiger partial charge in [0.05, 0.1) is 18.1 Å². The summed E-state index contributed by atoms with van der Waals surface area (Å²) in [4.78, 5) is 11.0. The van der Waals surface area contributed by atoms with Crippen LogP contribution in [-0.4, -0.2) is 46.7 Å². The van der Waals surface area contributed by atoms with Gasteiger partial charge in [-0.3, -0.25) is 4.90 Å². The average molecular weight is 328 g/mol. The molecule has 4 heterocycles. The van der Waals surface area contributed by atoms with Crippen molar-refractivity contribution in [1.82, 2.24) is 14.9 Å². The Morgan fingerprint density at radius 3 is 2.92 bits per heavy atom. The molecule has 0 radical (unpaired) electrons.